The van der Waals surface area contributed by atoms with Crippen molar-refractivity contribution in [2.75, 3.05) is 24.0 Å². The number of nitrogens with one attached hydrogen (secondary N) is 1. The summed E-state index contributed by atoms with van der Waals surface area (Å²) in [5, 5.41) is 3.35. The molecule has 0 radical (unpaired) electrons. The van der Waals surface area contributed by atoms with Crippen molar-refractivity contribution in [1.82, 2.24) is 5.32 Å². The quantitative estimate of drug-likeness (QED) is 0.513. The molecular weight excluding hydrogens is 464 g/mol. The van der Waals surface area contributed by atoms with Crippen LogP contribution in [-0.2, 0) is 14.8 Å². The second-order valence-electron chi connectivity index (χ2n) is 7.47. The van der Waals surface area contributed by atoms with E-state index in [2.05, 4.69) is 5.32 Å². The van der Waals surface area contributed by atoms with Crippen LogP contribution in [0.25, 0.3) is 0 Å². The number of anilines is 1. The number of para-hydroxylation sites is 2. The third kappa shape index (κ3) is 5.07. The number of benzene rings is 3. The largest absolute Gasteiger partial charge is 0.492 e. The van der Waals surface area contributed by atoms with E-state index in [9.17, 15) is 13.2 Å². The molecule has 0 aromatic heterocycles. The molecule has 1 aliphatic heterocycles. The number of sulfonamides is 1. The average Bonchev–Trinajstić information content (AvgIpc) is 2.83. The molecule has 9 heteroatoms. The molecule has 3 aromatic rings. The third-order valence-corrected chi connectivity index (χ3v) is 7.37. The van der Waals surface area contributed by atoms with Crippen molar-refractivity contribution in [2.24, 2.45) is 0 Å². The molecule has 1 aliphatic rings. The van der Waals surface area contributed by atoms with Gasteiger partial charge in [-0.15, -0.1) is 0 Å². The molecule has 0 aliphatic carbocycles. The van der Waals surface area contributed by atoms with E-state index in [-0.39, 0.29) is 24.6 Å². The molecule has 0 saturated carbocycles. The minimum Gasteiger partial charge on any atom is -0.492 e. The van der Waals surface area contributed by atoms with Crippen LogP contribution in [0.3, 0.4) is 0 Å². The Morgan fingerprint density at radius 1 is 1.12 bits per heavy atom. The Balaban J connectivity index is 1.44. The molecule has 3 aromatic carbocycles. The van der Waals surface area contributed by atoms with E-state index in [1.807, 2.05) is 13.0 Å². The molecule has 1 heterocycles. The molecule has 1 N–H and O–H groups in total. The van der Waals surface area contributed by atoms with Gasteiger partial charge in [0.05, 0.1) is 23.7 Å². The first kappa shape index (κ1) is 22.9. The van der Waals surface area contributed by atoms with Crippen LogP contribution in [0.4, 0.5) is 5.69 Å². The Morgan fingerprint density at radius 3 is 2.61 bits per heavy atom. The summed E-state index contributed by atoms with van der Waals surface area (Å²) in [7, 11) is -3.87. The maximum Gasteiger partial charge on any atom is 0.264 e. The van der Waals surface area contributed by atoms with Gasteiger partial charge < -0.3 is 14.8 Å². The Kier molecular flexibility index (Phi) is 6.76. The minimum atomic E-state index is -3.87. The highest BCUT2D eigenvalue weighted by atomic mass is 35.5. The third-order valence-electron chi connectivity index (χ3n) is 5.17. The predicted molar refractivity (Wildman–Crippen MR) is 127 cm³/mol. The summed E-state index contributed by atoms with van der Waals surface area (Å²) >= 11 is 6.09. The maximum absolute atomic E-state index is 13.3. The van der Waals surface area contributed by atoms with Gasteiger partial charge in [-0.3, -0.25) is 9.10 Å². The number of ether oxygens (including phenoxy) is 2. The van der Waals surface area contributed by atoms with Crippen molar-refractivity contribution in [1.29, 1.82) is 0 Å². The molecule has 0 bridgehead atoms. The number of aryl methyl sites for hydroxylation is 1. The van der Waals surface area contributed by atoms with Gasteiger partial charge in [0.25, 0.3) is 15.9 Å². The molecule has 172 valence electrons. The van der Waals surface area contributed by atoms with Crippen molar-refractivity contribution in [3.05, 3.63) is 83.4 Å². The molecule has 4 rings (SSSR count). The van der Waals surface area contributed by atoms with Gasteiger partial charge in [0.1, 0.15) is 18.1 Å². The Morgan fingerprint density at radius 2 is 1.85 bits per heavy atom. The Labute approximate surface area is 197 Å². The number of fused-ring (bicyclic) bond motifs is 1. The first-order valence-corrected chi connectivity index (χ1v) is 12.2. The number of carbonyl (C=O) groups excluding carboxylic acids is 1. The lowest BCUT2D eigenvalue weighted by Gasteiger charge is -2.34. The van der Waals surface area contributed by atoms with Crippen LogP contribution in [-0.4, -0.2) is 40.1 Å². The molecule has 0 saturated heterocycles. The summed E-state index contributed by atoms with van der Waals surface area (Å²) in [4.78, 5) is 12.9. The zero-order chi connectivity index (χ0) is 23.4. The fourth-order valence-electron chi connectivity index (χ4n) is 3.41. The summed E-state index contributed by atoms with van der Waals surface area (Å²) in [6.45, 7) is 2.20. The lowest BCUT2D eigenvalue weighted by atomic mass is 10.2. The summed E-state index contributed by atoms with van der Waals surface area (Å²) in [6, 6.07) is 20.2. The van der Waals surface area contributed by atoms with E-state index in [1.165, 1.54) is 16.4 Å². The Hall–Kier alpha value is -3.23. The second-order valence-corrected chi connectivity index (χ2v) is 9.74. The lowest BCUT2D eigenvalue weighted by Crippen LogP contribution is -2.51. The zero-order valence-electron chi connectivity index (χ0n) is 17.9. The number of rotatable bonds is 7. The zero-order valence-corrected chi connectivity index (χ0v) is 19.5. The second kappa shape index (κ2) is 9.72. The van der Waals surface area contributed by atoms with Crippen molar-refractivity contribution in [3.8, 4) is 11.5 Å². The molecular formula is C24H23ClN2O5S. The normalized spacial score (nSPS) is 15.3. The van der Waals surface area contributed by atoms with Gasteiger partial charge >= 0.3 is 0 Å². The number of hydrogen-bond acceptors (Lipinski definition) is 5. The minimum absolute atomic E-state index is 0.144. The maximum atomic E-state index is 13.3. The van der Waals surface area contributed by atoms with Crippen molar-refractivity contribution in [3.63, 3.8) is 0 Å². The van der Waals surface area contributed by atoms with Gasteiger partial charge in [0, 0.05) is 5.02 Å². The monoisotopic (exact) mass is 486 g/mol. The fourth-order valence-corrected chi connectivity index (χ4v) is 5.07. The number of nitrogens with zero attached hydrogens (tertiary/aromatic N) is 1. The number of amides is 1. The first-order chi connectivity index (χ1) is 15.9. The first-order valence-electron chi connectivity index (χ1n) is 10.4. The molecule has 7 nitrogen and oxygen atoms in total. The summed E-state index contributed by atoms with van der Waals surface area (Å²) in [5.41, 5.74) is 1.34. The van der Waals surface area contributed by atoms with Crippen molar-refractivity contribution < 1.29 is 22.7 Å². The molecule has 33 heavy (non-hydrogen) atoms. The van der Waals surface area contributed by atoms with Gasteiger partial charge in [-0.2, -0.15) is 0 Å². The smallest absolute Gasteiger partial charge is 0.264 e. The topological polar surface area (TPSA) is 84.9 Å². The van der Waals surface area contributed by atoms with E-state index < -0.39 is 22.0 Å². The molecule has 1 atom stereocenters. The highest BCUT2D eigenvalue weighted by Crippen LogP contribution is 2.36. The Bertz CT molecular complexity index is 1250. The van der Waals surface area contributed by atoms with Crippen LogP contribution < -0.4 is 19.1 Å². The van der Waals surface area contributed by atoms with Crippen LogP contribution in [0.5, 0.6) is 11.5 Å². The number of halogens is 1. The predicted octanol–water partition coefficient (Wildman–Crippen LogP) is 3.80. The standard InChI is InChI=1S/C24H23ClN2O5S/c1-17-11-12-18(15-20(17)25)31-14-13-26-24(28)23-16-27(21-9-5-6-10-22(21)32-23)33(29,30)19-7-3-2-4-8-19/h2-12,15,23H,13-14,16H2,1H3,(H,26,28)/t23-/m0/s1. The van der Waals surface area contributed by atoms with Crippen LogP contribution >= 0.6 is 11.6 Å². The molecule has 1 amide bonds. The van der Waals surface area contributed by atoms with E-state index in [0.29, 0.717) is 22.2 Å². The van der Waals surface area contributed by atoms with E-state index in [0.717, 1.165) is 5.56 Å². The molecule has 0 spiro atoms. The van der Waals surface area contributed by atoms with Crippen LogP contribution in [0.1, 0.15) is 5.56 Å². The molecule has 0 fully saturated rings. The lowest BCUT2D eigenvalue weighted by molar-refractivity contribution is -0.127. The summed E-state index contributed by atoms with van der Waals surface area (Å²) in [6.07, 6.45) is -1.01. The van der Waals surface area contributed by atoms with Crippen molar-refractivity contribution in [2.45, 2.75) is 17.9 Å². The van der Waals surface area contributed by atoms with Gasteiger partial charge in [0.2, 0.25) is 0 Å². The van der Waals surface area contributed by atoms with Crippen LogP contribution in [0.15, 0.2) is 77.7 Å². The van der Waals surface area contributed by atoms with E-state index in [1.54, 1.807) is 54.6 Å². The number of hydrogen-bond donors (Lipinski definition) is 1. The van der Waals surface area contributed by atoms with Crippen LogP contribution in [0, 0.1) is 6.92 Å². The SMILES string of the molecule is Cc1ccc(OCCNC(=O)[C@@H]2CN(S(=O)(=O)c3ccccc3)c3ccccc3O2)cc1Cl. The molecule has 0 unspecified atom stereocenters. The van der Waals surface area contributed by atoms with Gasteiger partial charge in [-0.1, -0.05) is 48.0 Å². The highest BCUT2D eigenvalue weighted by Gasteiger charge is 2.37. The number of carbonyl (C=O) groups is 1. The fraction of sp³-hybridized carbons (Fsp3) is 0.208. The highest BCUT2D eigenvalue weighted by molar-refractivity contribution is 7.92. The van der Waals surface area contributed by atoms with Crippen LogP contribution in [0.2, 0.25) is 5.02 Å². The average molecular weight is 487 g/mol. The summed E-state index contributed by atoms with van der Waals surface area (Å²) < 4.78 is 39.3. The van der Waals surface area contributed by atoms with E-state index >= 15 is 0 Å². The van der Waals surface area contributed by atoms with Gasteiger partial charge in [-0.05, 0) is 48.9 Å². The van der Waals surface area contributed by atoms with E-state index in [4.69, 9.17) is 21.1 Å². The van der Waals surface area contributed by atoms with Gasteiger partial charge in [-0.25, -0.2) is 8.42 Å². The van der Waals surface area contributed by atoms with Crippen molar-refractivity contribution >= 4 is 33.2 Å². The van der Waals surface area contributed by atoms with Gasteiger partial charge in [0.15, 0.2) is 6.10 Å². The summed E-state index contributed by atoms with van der Waals surface area (Å²) in [5.74, 6) is 0.500.